The summed E-state index contributed by atoms with van der Waals surface area (Å²) in [6.45, 7) is 2.81. The summed E-state index contributed by atoms with van der Waals surface area (Å²) in [5.41, 5.74) is 1.08. The van der Waals surface area contributed by atoms with Crippen LogP contribution in [-0.4, -0.2) is 46.7 Å². The molecule has 0 radical (unpaired) electrons. The van der Waals surface area contributed by atoms with Gasteiger partial charge in [0.1, 0.15) is 5.69 Å². The maximum Gasteiger partial charge on any atom is 0.305 e. The van der Waals surface area contributed by atoms with Gasteiger partial charge in [0.2, 0.25) is 6.79 Å². The number of fused-ring (bicyclic) bond motifs is 1. The second-order valence-corrected chi connectivity index (χ2v) is 6.52. The molecule has 2 heterocycles. The Morgan fingerprint density at radius 2 is 2.12 bits per heavy atom. The molecule has 9 heteroatoms. The molecule has 2 N–H and O–H groups in total. The van der Waals surface area contributed by atoms with Crippen LogP contribution >= 0.6 is 11.3 Å². The predicted molar refractivity (Wildman–Crippen MR) is 96.4 cm³/mol. The van der Waals surface area contributed by atoms with Gasteiger partial charge in [-0.15, -0.1) is 11.3 Å². The van der Waals surface area contributed by atoms with Crippen LogP contribution in [0.3, 0.4) is 0 Å². The average molecular weight is 377 g/mol. The van der Waals surface area contributed by atoms with E-state index in [0.29, 0.717) is 28.9 Å². The van der Waals surface area contributed by atoms with Gasteiger partial charge in [0, 0.05) is 30.2 Å². The summed E-state index contributed by atoms with van der Waals surface area (Å²) in [5.74, 6) is 0.162. The number of amides is 1. The van der Waals surface area contributed by atoms with Gasteiger partial charge in [0.15, 0.2) is 16.6 Å². The van der Waals surface area contributed by atoms with Crippen molar-refractivity contribution in [3.8, 4) is 11.5 Å². The van der Waals surface area contributed by atoms with Crippen LogP contribution in [0.2, 0.25) is 0 Å². The maximum atomic E-state index is 12.6. The molecule has 26 heavy (non-hydrogen) atoms. The van der Waals surface area contributed by atoms with E-state index in [-0.39, 0.29) is 25.7 Å². The van der Waals surface area contributed by atoms with Gasteiger partial charge in [-0.1, -0.05) is 6.92 Å². The Balaban J connectivity index is 1.67. The normalized spacial score (nSPS) is 12.0. The largest absolute Gasteiger partial charge is 0.481 e. The number of ether oxygens (including phenoxy) is 2. The van der Waals surface area contributed by atoms with Crippen molar-refractivity contribution in [3.63, 3.8) is 0 Å². The molecular formula is C17H19N3O5S. The number of carboxylic acid groups (broad SMARTS) is 1. The van der Waals surface area contributed by atoms with Crippen molar-refractivity contribution in [1.29, 1.82) is 0 Å². The predicted octanol–water partition coefficient (Wildman–Crippen LogP) is 2.94. The summed E-state index contributed by atoms with van der Waals surface area (Å²) in [6.07, 6.45) is 0.663. The van der Waals surface area contributed by atoms with E-state index < -0.39 is 5.97 Å². The van der Waals surface area contributed by atoms with Gasteiger partial charge < -0.3 is 24.8 Å². The molecule has 8 nitrogen and oxygen atoms in total. The molecular weight excluding hydrogens is 358 g/mol. The number of thiazole rings is 1. The second kappa shape index (κ2) is 8.05. The van der Waals surface area contributed by atoms with E-state index in [2.05, 4.69) is 10.3 Å². The minimum atomic E-state index is -0.928. The van der Waals surface area contributed by atoms with Gasteiger partial charge in [-0.3, -0.25) is 9.59 Å². The van der Waals surface area contributed by atoms with Crippen LogP contribution in [0.5, 0.6) is 11.5 Å². The number of benzene rings is 1. The van der Waals surface area contributed by atoms with Crippen LogP contribution < -0.4 is 14.8 Å². The number of hydrogen-bond acceptors (Lipinski definition) is 7. The van der Waals surface area contributed by atoms with Crippen molar-refractivity contribution in [2.24, 2.45) is 0 Å². The topological polar surface area (TPSA) is 101 Å². The zero-order valence-corrected chi connectivity index (χ0v) is 15.0. The van der Waals surface area contributed by atoms with E-state index in [1.165, 1.54) is 16.2 Å². The minimum Gasteiger partial charge on any atom is -0.481 e. The van der Waals surface area contributed by atoms with E-state index in [1.54, 1.807) is 11.4 Å². The van der Waals surface area contributed by atoms with Gasteiger partial charge in [-0.05, 0) is 18.6 Å². The molecule has 0 saturated heterocycles. The highest BCUT2D eigenvalue weighted by molar-refractivity contribution is 7.14. The summed E-state index contributed by atoms with van der Waals surface area (Å²) >= 11 is 1.31. The van der Waals surface area contributed by atoms with Gasteiger partial charge in [0.05, 0.1) is 6.42 Å². The first-order chi connectivity index (χ1) is 12.6. The fourth-order valence-electron chi connectivity index (χ4n) is 2.50. The highest BCUT2D eigenvalue weighted by Gasteiger charge is 2.19. The van der Waals surface area contributed by atoms with Crippen molar-refractivity contribution in [1.82, 2.24) is 9.88 Å². The molecule has 0 bridgehead atoms. The summed E-state index contributed by atoms with van der Waals surface area (Å²) in [7, 11) is 0. The van der Waals surface area contributed by atoms with Crippen molar-refractivity contribution in [3.05, 3.63) is 29.3 Å². The lowest BCUT2D eigenvalue weighted by Gasteiger charge is -2.20. The second-order valence-electron chi connectivity index (χ2n) is 5.67. The zero-order chi connectivity index (χ0) is 18.5. The lowest BCUT2D eigenvalue weighted by atomic mass is 10.3. The summed E-state index contributed by atoms with van der Waals surface area (Å²) in [5, 5.41) is 14.2. The van der Waals surface area contributed by atoms with E-state index in [4.69, 9.17) is 14.6 Å². The molecule has 0 saturated carbocycles. The summed E-state index contributed by atoms with van der Waals surface area (Å²) in [4.78, 5) is 29.2. The molecule has 1 amide bonds. The number of rotatable bonds is 8. The maximum absolute atomic E-state index is 12.6. The van der Waals surface area contributed by atoms with E-state index >= 15 is 0 Å². The monoisotopic (exact) mass is 377 g/mol. The van der Waals surface area contributed by atoms with Crippen LogP contribution in [0.4, 0.5) is 10.8 Å². The molecule has 0 spiro atoms. The summed E-state index contributed by atoms with van der Waals surface area (Å²) < 4.78 is 10.6. The number of hydrogen-bond donors (Lipinski definition) is 2. The number of nitrogens with zero attached hydrogens (tertiary/aromatic N) is 2. The van der Waals surface area contributed by atoms with Crippen molar-refractivity contribution < 1.29 is 24.2 Å². The number of aromatic nitrogens is 1. The highest BCUT2D eigenvalue weighted by Crippen LogP contribution is 2.35. The van der Waals surface area contributed by atoms with Crippen LogP contribution in [-0.2, 0) is 4.79 Å². The van der Waals surface area contributed by atoms with E-state index in [0.717, 1.165) is 12.1 Å². The third-order valence-electron chi connectivity index (χ3n) is 3.72. The van der Waals surface area contributed by atoms with E-state index in [9.17, 15) is 9.59 Å². The first-order valence-electron chi connectivity index (χ1n) is 8.20. The molecule has 3 rings (SSSR count). The highest BCUT2D eigenvalue weighted by atomic mass is 32.1. The standard InChI is InChI=1S/C17H19N3O5S/c1-2-6-20(7-5-15(21)22)16(23)12-9-26-17(19-12)18-11-3-4-13-14(8-11)25-10-24-13/h3-4,8-9H,2,5-7,10H2,1H3,(H,18,19)(H,21,22). The Bertz CT molecular complexity index is 807. The fraction of sp³-hybridized carbons (Fsp3) is 0.353. The number of nitrogens with one attached hydrogen (secondary N) is 1. The lowest BCUT2D eigenvalue weighted by molar-refractivity contribution is -0.137. The first kappa shape index (κ1) is 18.0. The fourth-order valence-corrected chi connectivity index (χ4v) is 3.21. The molecule has 0 aliphatic carbocycles. The van der Waals surface area contributed by atoms with Crippen molar-refractivity contribution in [2.75, 3.05) is 25.2 Å². The molecule has 1 aliphatic rings. The number of aliphatic carboxylic acids is 1. The van der Waals surface area contributed by atoms with Gasteiger partial charge in [-0.25, -0.2) is 4.98 Å². The third-order valence-corrected chi connectivity index (χ3v) is 4.48. The molecule has 138 valence electrons. The minimum absolute atomic E-state index is 0.0851. The van der Waals surface area contributed by atoms with Gasteiger partial charge in [0.25, 0.3) is 5.91 Å². The number of carboxylic acids is 1. The molecule has 1 aliphatic heterocycles. The number of carbonyl (C=O) groups excluding carboxylic acids is 1. The van der Waals surface area contributed by atoms with Crippen LogP contribution in [0.1, 0.15) is 30.3 Å². The first-order valence-corrected chi connectivity index (χ1v) is 9.08. The van der Waals surface area contributed by atoms with Crippen LogP contribution in [0, 0.1) is 0 Å². The number of anilines is 2. The zero-order valence-electron chi connectivity index (χ0n) is 14.2. The Morgan fingerprint density at radius 3 is 2.88 bits per heavy atom. The lowest BCUT2D eigenvalue weighted by Crippen LogP contribution is -2.34. The van der Waals surface area contributed by atoms with Gasteiger partial charge in [-0.2, -0.15) is 0 Å². The smallest absolute Gasteiger partial charge is 0.305 e. The molecule has 2 aromatic rings. The molecule has 1 aromatic heterocycles. The van der Waals surface area contributed by atoms with Crippen molar-refractivity contribution >= 4 is 34.0 Å². The van der Waals surface area contributed by atoms with Crippen LogP contribution in [0.15, 0.2) is 23.6 Å². The average Bonchev–Trinajstić information content (AvgIpc) is 3.26. The molecule has 0 unspecified atom stereocenters. The number of carbonyl (C=O) groups is 2. The Morgan fingerprint density at radius 1 is 1.31 bits per heavy atom. The van der Waals surface area contributed by atoms with Crippen LogP contribution in [0.25, 0.3) is 0 Å². The van der Waals surface area contributed by atoms with Crippen molar-refractivity contribution in [2.45, 2.75) is 19.8 Å². The SMILES string of the molecule is CCCN(CCC(=O)O)C(=O)c1csc(Nc2ccc3c(c2)OCO3)n1. The quantitative estimate of drug-likeness (QED) is 0.729. The van der Waals surface area contributed by atoms with Gasteiger partial charge >= 0.3 is 5.97 Å². The Labute approximate surface area is 154 Å². The molecule has 0 fully saturated rings. The molecule has 1 aromatic carbocycles. The Hall–Kier alpha value is -2.81. The third kappa shape index (κ3) is 4.23. The van der Waals surface area contributed by atoms with E-state index in [1.807, 2.05) is 19.1 Å². The molecule has 0 atom stereocenters. The summed E-state index contributed by atoms with van der Waals surface area (Å²) in [6, 6.07) is 5.45. The Kier molecular flexibility index (Phi) is 5.57.